The highest BCUT2D eigenvalue weighted by atomic mass is 32.1. The molecule has 10 heavy (non-hydrogen) atoms. The van der Waals surface area contributed by atoms with E-state index in [1.807, 2.05) is 18.8 Å². The zero-order valence-corrected chi connectivity index (χ0v) is 7.11. The van der Waals surface area contributed by atoms with Gasteiger partial charge in [-0.2, -0.15) is 0 Å². The fourth-order valence-corrected chi connectivity index (χ4v) is 1.56. The fraction of sp³-hybridized carbons (Fsp3) is 0.571. The van der Waals surface area contributed by atoms with Crippen LogP contribution in [0.5, 0.6) is 0 Å². The number of nitrogens with one attached hydrogen (secondary N) is 1. The van der Waals surface area contributed by atoms with Crippen LogP contribution in [0.25, 0.3) is 0 Å². The van der Waals surface area contributed by atoms with E-state index in [1.54, 1.807) is 11.3 Å². The highest BCUT2D eigenvalue weighted by molar-refractivity contribution is 7.09. The number of thiazole rings is 1. The minimum Gasteiger partial charge on any atom is -0.319 e. The van der Waals surface area contributed by atoms with Crippen molar-refractivity contribution < 1.29 is 0 Å². The third kappa shape index (κ3) is 1.78. The normalized spacial score (nSPS) is 13.4. The predicted molar refractivity (Wildman–Crippen MR) is 44.5 cm³/mol. The molecule has 1 N–H and O–H groups in total. The smallest absolute Gasteiger partial charge is 0.0794 e. The lowest BCUT2D eigenvalue weighted by atomic mass is 10.1. The Labute approximate surface area is 65.3 Å². The maximum atomic E-state index is 4.02. The average Bonchev–Trinajstić information content (AvgIpc) is 2.38. The van der Waals surface area contributed by atoms with Crippen LogP contribution in [0.4, 0.5) is 0 Å². The van der Waals surface area contributed by atoms with Gasteiger partial charge in [-0.3, -0.25) is 4.98 Å². The Morgan fingerprint density at radius 2 is 2.60 bits per heavy atom. The van der Waals surface area contributed by atoms with Crippen molar-refractivity contribution >= 4 is 11.3 Å². The lowest BCUT2D eigenvalue weighted by Gasteiger charge is -2.05. The number of hydrogen-bond acceptors (Lipinski definition) is 3. The molecule has 1 heterocycles. The number of hydrogen-bond donors (Lipinski definition) is 1. The molecule has 0 saturated carbocycles. The number of likely N-dealkylation sites (N-methyl/N-ethyl adjacent to an activating group) is 1. The summed E-state index contributed by atoms with van der Waals surface area (Å²) < 4.78 is 0. The van der Waals surface area contributed by atoms with Crippen LogP contribution >= 0.6 is 11.3 Å². The summed E-state index contributed by atoms with van der Waals surface area (Å²) in [6.45, 7) is 3.23. The predicted octanol–water partition coefficient (Wildman–Crippen LogP) is 1.47. The van der Waals surface area contributed by atoms with Crippen molar-refractivity contribution in [3.05, 3.63) is 16.6 Å². The standard InChI is InChI=1S/C7H12N2S/c1-6(3-8-2)7-4-9-5-10-7/h4-6,8H,3H2,1-2H3. The van der Waals surface area contributed by atoms with Crippen molar-refractivity contribution in [1.29, 1.82) is 0 Å². The Morgan fingerprint density at radius 1 is 1.80 bits per heavy atom. The second-order valence-electron chi connectivity index (χ2n) is 2.36. The molecule has 1 rings (SSSR count). The molecule has 1 aromatic rings. The maximum absolute atomic E-state index is 4.02. The molecule has 0 aliphatic heterocycles. The van der Waals surface area contributed by atoms with E-state index >= 15 is 0 Å². The third-order valence-corrected chi connectivity index (χ3v) is 2.45. The van der Waals surface area contributed by atoms with Gasteiger partial charge in [-0.15, -0.1) is 11.3 Å². The Morgan fingerprint density at radius 3 is 3.10 bits per heavy atom. The van der Waals surface area contributed by atoms with E-state index in [2.05, 4.69) is 17.2 Å². The molecule has 2 nitrogen and oxygen atoms in total. The molecule has 0 spiro atoms. The molecule has 56 valence electrons. The van der Waals surface area contributed by atoms with Gasteiger partial charge < -0.3 is 5.32 Å². The first-order chi connectivity index (χ1) is 4.84. The number of nitrogens with zero attached hydrogens (tertiary/aromatic N) is 1. The molecule has 0 bridgehead atoms. The largest absolute Gasteiger partial charge is 0.319 e. The van der Waals surface area contributed by atoms with Crippen molar-refractivity contribution in [2.45, 2.75) is 12.8 Å². The van der Waals surface area contributed by atoms with Crippen molar-refractivity contribution in [3.63, 3.8) is 0 Å². The number of rotatable bonds is 3. The van der Waals surface area contributed by atoms with Gasteiger partial charge in [0.25, 0.3) is 0 Å². The summed E-state index contributed by atoms with van der Waals surface area (Å²) in [6, 6.07) is 0. The Hall–Kier alpha value is -0.410. The maximum Gasteiger partial charge on any atom is 0.0794 e. The summed E-state index contributed by atoms with van der Waals surface area (Å²) in [5.74, 6) is 0.595. The van der Waals surface area contributed by atoms with E-state index in [1.165, 1.54) is 4.88 Å². The van der Waals surface area contributed by atoms with Crippen LogP contribution in [-0.2, 0) is 0 Å². The van der Waals surface area contributed by atoms with Gasteiger partial charge in [0, 0.05) is 23.5 Å². The van der Waals surface area contributed by atoms with E-state index in [9.17, 15) is 0 Å². The van der Waals surface area contributed by atoms with Crippen molar-refractivity contribution in [2.75, 3.05) is 13.6 Å². The van der Waals surface area contributed by atoms with Gasteiger partial charge in [0.05, 0.1) is 5.51 Å². The zero-order chi connectivity index (χ0) is 7.40. The first-order valence-electron chi connectivity index (χ1n) is 3.37. The van der Waals surface area contributed by atoms with Crippen molar-refractivity contribution in [2.24, 2.45) is 0 Å². The van der Waals surface area contributed by atoms with Crippen molar-refractivity contribution in [1.82, 2.24) is 10.3 Å². The summed E-state index contributed by atoms with van der Waals surface area (Å²) in [5.41, 5.74) is 1.88. The lowest BCUT2D eigenvalue weighted by molar-refractivity contribution is 0.686. The fourth-order valence-electron chi connectivity index (χ4n) is 0.876. The van der Waals surface area contributed by atoms with Gasteiger partial charge in [0.15, 0.2) is 0 Å². The van der Waals surface area contributed by atoms with E-state index in [4.69, 9.17) is 0 Å². The van der Waals surface area contributed by atoms with E-state index in [0.29, 0.717) is 5.92 Å². The minimum absolute atomic E-state index is 0.595. The second-order valence-corrected chi connectivity index (χ2v) is 3.28. The molecule has 0 saturated heterocycles. The van der Waals surface area contributed by atoms with Crippen molar-refractivity contribution in [3.8, 4) is 0 Å². The molecule has 1 unspecified atom stereocenters. The first-order valence-corrected chi connectivity index (χ1v) is 4.25. The molecule has 0 aliphatic rings. The monoisotopic (exact) mass is 156 g/mol. The summed E-state index contributed by atoms with van der Waals surface area (Å²) in [6.07, 6.45) is 1.94. The quantitative estimate of drug-likeness (QED) is 0.716. The Kier molecular flexibility index (Phi) is 2.83. The average molecular weight is 156 g/mol. The minimum atomic E-state index is 0.595. The Balaban J connectivity index is 2.50. The van der Waals surface area contributed by atoms with Gasteiger partial charge in [-0.1, -0.05) is 6.92 Å². The SMILES string of the molecule is CNCC(C)c1cncs1. The van der Waals surface area contributed by atoms with E-state index < -0.39 is 0 Å². The van der Waals surface area contributed by atoms with Gasteiger partial charge >= 0.3 is 0 Å². The molecule has 0 radical (unpaired) electrons. The first kappa shape index (κ1) is 7.69. The lowest BCUT2D eigenvalue weighted by Crippen LogP contribution is -2.13. The highest BCUT2D eigenvalue weighted by Gasteiger charge is 2.03. The summed E-state index contributed by atoms with van der Waals surface area (Å²) in [5, 5.41) is 3.13. The van der Waals surface area contributed by atoms with Crippen LogP contribution in [0.15, 0.2) is 11.7 Å². The topological polar surface area (TPSA) is 24.9 Å². The highest BCUT2D eigenvalue weighted by Crippen LogP contribution is 2.17. The van der Waals surface area contributed by atoms with Crippen LogP contribution in [-0.4, -0.2) is 18.6 Å². The van der Waals surface area contributed by atoms with Gasteiger partial charge in [-0.25, -0.2) is 0 Å². The molecular weight excluding hydrogens is 144 g/mol. The molecule has 1 atom stereocenters. The second kappa shape index (κ2) is 3.68. The van der Waals surface area contributed by atoms with Crippen LogP contribution < -0.4 is 5.32 Å². The van der Waals surface area contributed by atoms with Gasteiger partial charge in [0.2, 0.25) is 0 Å². The summed E-state index contributed by atoms with van der Waals surface area (Å²) in [7, 11) is 1.97. The molecular formula is C7H12N2S. The van der Waals surface area contributed by atoms with E-state index in [-0.39, 0.29) is 0 Å². The molecule has 0 aromatic carbocycles. The zero-order valence-electron chi connectivity index (χ0n) is 6.29. The van der Waals surface area contributed by atoms with Crippen LogP contribution in [0.2, 0.25) is 0 Å². The van der Waals surface area contributed by atoms with Crippen LogP contribution in [0.1, 0.15) is 17.7 Å². The molecule has 1 aromatic heterocycles. The summed E-state index contributed by atoms with van der Waals surface area (Å²) in [4.78, 5) is 5.37. The molecule has 3 heteroatoms. The molecule has 0 fully saturated rings. The summed E-state index contributed by atoms with van der Waals surface area (Å²) >= 11 is 1.72. The molecule has 0 aliphatic carbocycles. The Bertz CT molecular complexity index is 172. The van der Waals surface area contributed by atoms with Gasteiger partial charge in [-0.05, 0) is 7.05 Å². The van der Waals surface area contributed by atoms with E-state index in [0.717, 1.165) is 6.54 Å². The molecule has 0 amide bonds. The van der Waals surface area contributed by atoms with Crippen LogP contribution in [0.3, 0.4) is 0 Å². The number of aromatic nitrogens is 1. The van der Waals surface area contributed by atoms with Gasteiger partial charge in [0.1, 0.15) is 0 Å². The van der Waals surface area contributed by atoms with Crippen LogP contribution in [0, 0.1) is 0 Å². The third-order valence-electron chi connectivity index (χ3n) is 1.45.